The number of amides is 2. The molecule has 0 spiro atoms. The molecule has 7 rings (SSSR count). The Kier molecular flexibility index (Phi) is 2.91. The fraction of sp³-hybridized carbons (Fsp3) is 0.208. The molecule has 1 aliphatic heterocycles. The van der Waals surface area contributed by atoms with Gasteiger partial charge in [-0.1, -0.05) is 55.5 Å². The van der Waals surface area contributed by atoms with E-state index in [4.69, 9.17) is 0 Å². The summed E-state index contributed by atoms with van der Waals surface area (Å²) >= 11 is 0. The highest BCUT2D eigenvalue weighted by Crippen LogP contribution is 2.63. The third-order valence-corrected chi connectivity index (χ3v) is 6.95. The molecule has 136 valence electrons. The first-order valence-electron chi connectivity index (χ1n) is 9.60. The van der Waals surface area contributed by atoms with E-state index in [2.05, 4.69) is 36.2 Å². The number of nitrogens with zero attached hydrogens (tertiary/aromatic N) is 2. The molecule has 4 heteroatoms. The van der Waals surface area contributed by atoms with Crippen LogP contribution in [0.3, 0.4) is 0 Å². The standard InChI is InChI=1S/C24H18N2O2/c1-24-17-10-4-2-8-15(17)19(16-9-3-5-11-18(16)24)20-21(24)23(28)26(22(20)27)14-7-6-12-25-13-14/h2-13,19-21H,1H3. The molecule has 28 heavy (non-hydrogen) atoms. The van der Waals surface area contributed by atoms with Crippen molar-refractivity contribution in [1.82, 2.24) is 4.98 Å². The van der Waals surface area contributed by atoms with Crippen LogP contribution in [-0.2, 0) is 15.0 Å². The second-order valence-corrected chi connectivity index (χ2v) is 8.08. The highest BCUT2D eigenvalue weighted by Gasteiger charge is 2.66. The molecule has 2 unspecified atom stereocenters. The van der Waals surface area contributed by atoms with Crippen molar-refractivity contribution in [3.8, 4) is 0 Å². The topological polar surface area (TPSA) is 50.3 Å². The molecule has 1 aromatic heterocycles. The minimum Gasteiger partial charge on any atom is -0.274 e. The highest BCUT2D eigenvalue weighted by molar-refractivity contribution is 6.23. The van der Waals surface area contributed by atoms with Crippen LogP contribution in [0.15, 0.2) is 73.1 Å². The highest BCUT2D eigenvalue weighted by atomic mass is 16.2. The van der Waals surface area contributed by atoms with Gasteiger partial charge in [0.25, 0.3) is 0 Å². The van der Waals surface area contributed by atoms with Gasteiger partial charge in [0.1, 0.15) is 0 Å². The molecule has 0 saturated carbocycles. The van der Waals surface area contributed by atoms with Crippen LogP contribution in [0.1, 0.15) is 35.1 Å². The fourth-order valence-corrected chi connectivity index (χ4v) is 5.89. The van der Waals surface area contributed by atoms with Gasteiger partial charge in [-0.15, -0.1) is 0 Å². The predicted octanol–water partition coefficient (Wildman–Crippen LogP) is 3.65. The lowest BCUT2D eigenvalue weighted by atomic mass is 9.48. The van der Waals surface area contributed by atoms with E-state index in [0.29, 0.717) is 5.69 Å². The molecule has 2 atom stereocenters. The molecule has 3 aliphatic carbocycles. The van der Waals surface area contributed by atoms with Crippen molar-refractivity contribution in [3.05, 3.63) is 95.3 Å². The van der Waals surface area contributed by atoms with Crippen molar-refractivity contribution >= 4 is 17.5 Å². The van der Waals surface area contributed by atoms with Gasteiger partial charge in [-0.05, 0) is 34.4 Å². The Balaban J connectivity index is 1.64. The number of aromatic nitrogens is 1. The van der Waals surface area contributed by atoms with E-state index < -0.39 is 11.3 Å². The Morgan fingerprint density at radius 2 is 1.50 bits per heavy atom. The normalized spacial score (nSPS) is 29.5. The molecular weight excluding hydrogens is 348 g/mol. The van der Waals surface area contributed by atoms with Crippen molar-refractivity contribution in [2.24, 2.45) is 11.8 Å². The number of imide groups is 1. The molecular formula is C24H18N2O2. The zero-order chi connectivity index (χ0) is 19.0. The molecule has 1 fully saturated rings. The summed E-state index contributed by atoms with van der Waals surface area (Å²) in [5.41, 5.74) is 4.75. The molecule has 2 aromatic carbocycles. The van der Waals surface area contributed by atoms with Crippen LogP contribution in [-0.4, -0.2) is 16.8 Å². The lowest BCUT2D eigenvalue weighted by Crippen LogP contribution is -2.51. The summed E-state index contributed by atoms with van der Waals surface area (Å²) in [6, 6.07) is 20.1. The number of carbonyl (C=O) groups is 2. The number of benzene rings is 2. The maximum absolute atomic E-state index is 13.6. The van der Waals surface area contributed by atoms with Crippen molar-refractivity contribution < 1.29 is 9.59 Å². The zero-order valence-corrected chi connectivity index (χ0v) is 15.4. The van der Waals surface area contributed by atoms with Gasteiger partial charge in [0.15, 0.2) is 0 Å². The van der Waals surface area contributed by atoms with Crippen molar-refractivity contribution in [1.29, 1.82) is 0 Å². The van der Waals surface area contributed by atoms with Crippen molar-refractivity contribution in [2.75, 3.05) is 4.90 Å². The molecule has 2 heterocycles. The van der Waals surface area contributed by atoms with E-state index in [1.165, 1.54) is 27.2 Å². The Bertz CT molecular complexity index is 1110. The second-order valence-electron chi connectivity index (χ2n) is 8.08. The van der Waals surface area contributed by atoms with Gasteiger partial charge in [-0.25, -0.2) is 4.90 Å². The smallest absolute Gasteiger partial charge is 0.239 e. The molecule has 2 amide bonds. The van der Waals surface area contributed by atoms with E-state index in [-0.39, 0.29) is 23.7 Å². The third kappa shape index (κ3) is 1.65. The van der Waals surface area contributed by atoms with E-state index >= 15 is 0 Å². The molecule has 3 aromatic rings. The molecule has 0 N–H and O–H groups in total. The van der Waals surface area contributed by atoms with Crippen molar-refractivity contribution in [2.45, 2.75) is 18.3 Å². The van der Waals surface area contributed by atoms with Gasteiger partial charge in [-0.3, -0.25) is 14.6 Å². The van der Waals surface area contributed by atoms with E-state index in [0.717, 1.165) is 0 Å². The van der Waals surface area contributed by atoms with E-state index in [9.17, 15) is 9.59 Å². The third-order valence-electron chi connectivity index (χ3n) is 6.95. The first-order chi connectivity index (χ1) is 13.6. The number of hydrogen-bond acceptors (Lipinski definition) is 3. The largest absolute Gasteiger partial charge is 0.274 e. The van der Waals surface area contributed by atoms with Gasteiger partial charge in [-0.2, -0.15) is 0 Å². The Morgan fingerprint density at radius 1 is 0.857 bits per heavy atom. The maximum Gasteiger partial charge on any atom is 0.239 e. The van der Waals surface area contributed by atoms with Crippen LogP contribution in [0.4, 0.5) is 5.69 Å². The minimum absolute atomic E-state index is 0.0858. The minimum atomic E-state index is -0.518. The maximum atomic E-state index is 13.6. The number of hydrogen-bond donors (Lipinski definition) is 0. The van der Waals surface area contributed by atoms with Gasteiger partial charge >= 0.3 is 0 Å². The Morgan fingerprint density at radius 3 is 2.11 bits per heavy atom. The summed E-state index contributed by atoms with van der Waals surface area (Å²) in [6.07, 6.45) is 3.25. The zero-order valence-electron chi connectivity index (χ0n) is 15.4. The van der Waals surface area contributed by atoms with Gasteiger partial charge in [0, 0.05) is 17.5 Å². The summed E-state index contributed by atoms with van der Waals surface area (Å²) in [5, 5.41) is 0. The summed E-state index contributed by atoms with van der Waals surface area (Å²) < 4.78 is 0. The Hall–Kier alpha value is -3.27. The number of anilines is 1. The van der Waals surface area contributed by atoms with E-state index in [1.54, 1.807) is 24.5 Å². The van der Waals surface area contributed by atoms with Gasteiger partial charge in [0.2, 0.25) is 11.8 Å². The summed E-state index contributed by atoms with van der Waals surface area (Å²) in [7, 11) is 0. The number of pyridine rings is 1. The average Bonchev–Trinajstić information content (AvgIpc) is 3.01. The van der Waals surface area contributed by atoms with Crippen LogP contribution >= 0.6 is 0 Å². The molecule has 2 bridgehead atoms. The van der Waals surface area contributed by atoms with Crippen LogP contribution in [0, 0.1) is 11.8 Å². The average molecular weight is 366 g/mol. The quantitative estimate of drug-likeness (QED) is 0.618. The SMILES string of the molecule is CC12c3ccccc3C(c3ccccc31)C1C(=O)N(c3cccnc3)C(=O)C12. The van der Waals surface area contributed by atoms with Gasteiger partial charge in [0.05, 0.1) is 23.7 Å². The second kappa shape index (κ2) is 5.16. The molecule has 0 radical (unpaired) electrons. The predicted molar refractivity (Wildman–Crippen MR) is 105 cm³/mol. The molecule has 1 saturated heterocycles. The summed E-state index contributed by atoms with van der Waals surface area (Å²) in [5.74, 6) is -1.07. The lowest BCUT2D eigenvalue weighted by Gasteiger charge is -2.52. The van der Waals surface area contributed by atoms with Crippen LogP contribution < -0.4 is 4.90 Å². The molecule has 4 nitrogen and oxygen atoms in total. The summed E-state index contributed by atoms with van der Waals surface area (Å²) in [4.78, 5) is 32.7. The monoisotopic (exact) mass is 366 g/mol. The van der Waals surface area contributed by atoms with Crippen LogP contribution in [0.25, 0.3) is 0 Å². The fourth-order valence-electron chi connectivity index (χ4n) is 5.89. The van der Waals surface area contributed by atoms with Gasteiger partial charge < -0.3 is 0 Å². The number of rotatable bonds is 1. The summed E-state index contributed by atoms with van der Waals surface area (Å²) in [6.45, 7) is 2.13. The van der Waals surface area contributed by atoms with Crippen molar-refractivity contribution in [3.63, 3.8) is 0 Å². The lowest BCUT2D eigenvalue weighted by molar-refractivity contribution is -0.123. The van der Waals surface area contributed by atoms with Crippen LogP contribution in [0.5, 0.6) is 0 Å². The van der Waals surface area contributed by atoms with Crippen LogP contribution in [0.2, 0.25) is 0 Å². The van der Waals surface area contributed by atoms with E-state index in [1.807, 2.05) is 24.3 Å². The first kappa shape index (κ1) is 15.8. The number of carbonyl (C=O) groups excluding carboxylic acids is 2. The molecule has 4 aliphatic rings. The Labute approximate surface area is 162 Å². The first-order valence-corrected chi connectivity index (χ1v) is 9.60.